The number of hydrogen-bond acceptors (Lipinski definition) is 4. The van der Waals surface area contributed by atoms with Crippen molar-refractivity contribution in [2.45, 2.75) is 4.90 Å². The van der Waals surface area contributed by atoms with Crippen LogP contribution >= 0.6 is 15.9 Å². The first kappa shape index (κ1) is 14.7. The largest absolute Gasteiger partial charge is 0.495 e. The minimum atomic E-state index is -3.76. The summed E-state index contributed by atoms with van der Waals surface area (Å²) in [7, 11) is -2.28. The van der Waals surface area contributed by atoms with Crippen molar-refractivity contribution in [1.82, 2.24) is 0 Å². The molecule has 0 saturated carbocycles. The molecule has 0 amide bonds. The molecule has 0 fully saturated rings. The van der Waals surface area contributed by atoms with Crippen LogP contribution < -0.4 is 15.2 Å². The molecule has 0 aliphatic carbocycles. The first-order valence-corrected chi connectivity index (χ1v) is 7.92. The molecule has 0 spiro atoms. The van der Waals surface area contributed by atoms with E-state index < -0.39 is 10.0 Å². The number of halogens is 1. The van der Waals surface area contributed by atoms with Gasteiger partial charge >= 0.3 is 0 Å². The van der Waals surface area contributed by atoms with E-state index in [1.54, 1.807) is 36.4 Å². The lowest BCUT2D eigenvalue weighted by Gasteiger charge is -2.12. The average Bonchev–Trinajstić information content (AvgIpc) is 2.41. The van der Waals surface area contributed by atoms with Gasteiger partial charge in [0.1, 0.15) is 10.6 Å². The van der Waals surface area contributed by atoms with Crippen molar-refractivity contribution in [2.24, 2.45) is 0 Å². The lowest BCUT2D eigenvalue weighted by molar-refractivity contribution is 0.417. The molecule has 0 heterocycles. The van der Waals surface area contributed by atoms with Crippen molar-refractivity contribution in [3.8, 4) is 5.75 Å². The zero-order valence-electron chi connectivity index (χ0n) is 10.6. The molecule has 3 N–H and O–H groups in total. The number of nitrogen functional groups attached to an aromatic ring is 1. The molecule has 2 rings (SSSR count). The van der Waals surface area contributed by atoms with Crippen molar-refractivity contribution in [3.05, 3.63) is 46.9 Å². The van der Waals surface area contributed by atoms with E-state index in [1.165, 1.54) is 13.2 Å². The average molecular weight is 357 g/mol. The summed E-state index contributed by atoms with van der Waals surface area (Å²) < 4.78 is 32.8. The van der Waals surface area contributed by atoms with E-state index in [4.69, 9.17) is 10.5 Å². The fourth-order valence-corrected chi connectivity index (χ4v) is 3.72. The van der Waals surface area contributed by atoms with Crippen LogP contribution in [-0.4, -0.2) is 15.5 Å². The van der Waals surface area contributed by atoms with Gasteiger partial charge in [0.05, 0.1) is 12.8 Å². The molecule has 2 aromatic carbocycles. The summed E-state index contributed by atoms with van der Waals surface area (Å²) in [5.74, 6) is 0.441. The Morgan fingerprint density at radius 3 is 2.60 bits per heavy atom. The second kappa shape index (κ2) is 5.72. The summed E-state index contributed by atoms with van der Waals surface area (Å²) in [6, 6.07) is 11.4. The van der Waals surface area contributed by atoms with E-state index in [0.29, 0.717) is 21.6 Å². The molecule has 2 aromatic rings. The summed E-state index contributed by atoms with van der Waals surface area (Å²) in [5, 5.41) is 0. The number of sulfonamides is 1. The van der Waals surface area contributed by atoms with E-state index in [0.717, 1.165) is 0 Å². The topological polar surface area (TPSA) is 81.4 Å². The van der Waals surface area contributed by atoms with Gasteiger partial charge in [-0.25, -0.2) is 8.42 Å². The van der Waals surface area contributed by atoms with E-state index in [2.05, 4.69) is 20.7 Å². The SMILES string of the molecule is COc1ccccc1NS(=O)(=O)c1cc(N)ccc1Br. The first-order valence-electron chi connectivity index (χ1n) is 5.65. The number of methoxy groups -OCH3 is 1. The summed E-state index contributed by atoms with van der Waals surface area (Å²) >= 11 is 3.21. The molecule has 7 heteroatoms. The molecule has 0 radical (unpaired) electrons. The molecular weight excluding hydrogens is 344 g/mol. The Morgan fingerprint density at radius 2 is 1.90 bits per heavy atom. The molecule has 106 valence electrons. The molecular formula is C13H13BrN2O3S. The van der Waals surface area contributed by atoms with Gasteiger partial charge < -0.3 is 10.5 Å². The van der Waals surface area contributed by atoms with E-state index in [-0.39, 0.29) is 4.90 Å². The zero-order chi connectivity index (χ0) is 14.8. The van der Waals surface area contributed by atoms with Crippen LogP contribution in [0.1, 0.15) is 0 Å². The summed E-state index contributed by atoms with van der Waals surface area (Å²) in [6.45, 7) is 0. The predicted octanol–water partition coefficient (Wildman–Crippen LogP) is 2.84. The Bertz CT molecular complexity index is 732. The summed E-state index contributed by atoms with van der Waals surface area (Å²) in [6.07, 6.45) is 0. The van der Waals surface area contributed by atoms with Gasteiger partial charge in [-0.15, -0.1) is 0 Å². The van der Waals surface area contributed by atoms with E-state index in [9.17, 15) is 8.42 Å². The molecule has 5 nitrogen and oxygen atoms in total. The number of ether oxygens (including phenoxy) is 1. The van der Waals surface area contributed by atoms with Gasteiger partial charge in [0.15, 0.2) is 0 Å². The highest BCUT2D eigenvalue weighted by atomic mass is 79.9. The standard InChI is InChI=1S/C13H13BrN2O3S/c1-19-12-5-3-2-4-11(12)16-20(17,18)13-8-9(15)6-7-10(13)14/h2-8,16H,15H2,1H3. The molecule has 20 heavy (non-hydrogen) atoms. The van der Waals surface area contributed by atoms with Crippen molar-refractivity contribution in [2.75, 3.05) is 17.6 Å². The summed E-state index contributed by atoms with van der Waals surface area (Å²) in [5.41, 5.74) is 6.37. The normalized spacial score (nSPS) is 11.1. The van der Waals surface area contributed by atoms with Gasteiger partial charge in [-0.05, 0) is 46.3 Å². The number of rotatable bonds is 4. The monoisotopic (exact) mass is 356 g/mol. The maximum Gasteiger partial charge on any atom is 0.263 e. The molecule has 0 aliphatic heterocycles. The Kier molecular flexibility index (Phi) is 4.20. The highest BCUT2D eigenvalue weighted by molar-refractivity contribution is 9.10. The Morgan fingerprint density at radius 1 is 1.20 bits per heavy atom. The number of hydrogen-bond donors (Lipinski definition) is 2. The van der Waals surface area contributed by atoms with Crippen LogP contribution in [0, 0.1) is 0 Å². The third-order valence-electron chi connectivity index (χ3n) is 2.60. The van der Waals surface area contributed by atoms with Crippen LogP contribution in [0.5, 0.6) is 5.75 Å². The number of nitrogens with two attached hydrogens (primary N) is 1. The van der Waals surface area contributed by atoms with Crippen molar-refractivity contribution < 1.29 is 13.2 Å². The molecule has 0 aliphatic rings. The minimum absolute atomic E-state index is 0.0726. The van der Waals surface area contributed by atoms with E-state index >= 15 is 0 Å². The van der Waals surface area contributed by atoms with Crippen LogP contribution in [0.3, 0.4) is 0 Å². The van der Waals surface area contributed by atoms with Gasteiger partial charge in [-0.2, -0.15) is 0 Å². The third-order valence-corrected chi connectivity index (χ3v) is 4.96. The highest BCUT2D eigenvalue weighted by Gasteiger charge is 2.19. The number of benzene rings is 2. The third kappa shape index (κ3) is 3.05. The molecule has 0 bridgehead atoms. The van der Waals surface area contributed by atoms with Crippen molar-refractivity contribution >= 4 is 37.3 Å². The lowest BCUT2D eigenvalue weighted by atomic mass is 10.3. The van der Waals surface area contributed by atoms with Gasteiger partial charge in [0.2, 0.25) is 0 Å². The van der Waals surface area contributed by atoms with Crippen LogP contribution in [0.2, 0.25) is 0 Å². The van der Waals surface area contributed by atoms with Crippen LogP contribution in [-0.2, 0) is 10.0 Å². The maximum atomic E-state index is 12.4. The second-order valence-corrected chi connectivity index (χ2v) is 6.50. The molecule has 0 atom stereocenters. The molecule has 0 unspecified atom stereocenters. The van der Waals surface area contributed by atoms with E-state index in [1.807, 2.05) is 0 Å². The Hall–Kier alpha value is -1.73. The van der Waals surface area contributed by atoms with Crippen molar-refractivity contribution in [3.63, 3.8) is 0 Å². The van der Waals surface area contributed by atoms with Gasteiger partial charge in [-0.1, -0.05) is 12.1 Å². The van der Waals surface area contributed by atoms with Gasteiger partial charge in [0.25, 0.3) is 10.0 Å². The Labute approximate surface area is 125 Å². The lowest BCUT2D eigenvalue weighted by Crippen LogP contribution is -2.14. The number of anilines is 2. The highest BCUT2D eigenvalue weighted by Crippen LogP contribution is 2.29. The summed E-state index contributed by atoms with van der Waals surface area (Å²) in [4.78, 5) is 0.0726. The maximum absolute atomic E-state index is 12.4. The van der Waals surface area contributed by atoms with Gasteiger partial charge in [0, 0.05) is 10.2 Å². The fraction of sp³-hybridized carbons (Fsp3) is 0.0769. The number of para-hydroxylation sites is 2. The predicted molar refractivity (Wildman–Crippen MR) is 82.4 cm³/mol. The minimum Gasteiger partial charge on any atom is -0.495 e. The molecule has 0 aromatic heterocycles. The Balaban J connectivity index is 2.43. The van der Waals surface area contributed by atoms with Crippen LogP contribution in [0.15, 0.2) is 51.8 Å². The smallest absolute Gasteiger partial charge is 0.263 e. The van der Waals surface area contributed by atoms with Gasteiger partial charge in [-0.3, -0.25) is 4.72 Å². The fourth-order valence-electron chi connectivity index (χ4n) is 1.65. The second-order valence-electron chi connectivity index (χ2n) is 4.00. The quantitative estimate of drug-likeness (QED) is 0.825. The molecule has 0 saturated heterocycles. The number of nitrogens with one attached hydrogen (secondary N) is 1. The first-order chi connectivity index (χ1) is 9.44. The van der Waals surface area contributed by atoms with Crippen molar-refractivity contribution in [1.29, 1.82) is 0 Å². The van der Waals surface area contributed by atoms with Crippen LogP contribution in [0.4, 0.5) is 11.4 Å². The van der Waals surface area contributed by atoms with Crippen LogP contribution in [0.25, 0.3) is 0 Å². The zero-order valence-corrected chi connectivity index (χ0v) is 13.0.